The van der Waals surface area contributed by atoms with Crippen molar-refractivity contribution in [1.29, 1.82) is 0 Å². The molecule has 0 fully saturated rings. The first-order valence-corrected chi connectivity index (χ1v) is 10.8. The van der Waals surface area contributed by atoms with Crippen LogP contribution in [0.4, 0.5) is 5.82 Å². The van der Waals surface area contributed by atoms with Crippen LogP contribution >= 0.6 is 23.2 Å². The third-order valence-corrected chi connectivity index (χ3v) is 6.14. The number of fused-ring (bicyclic) bond motifs is 1. The molecule has 0 saturated carbocycles. The first-order chi connectivity index (χ1) is 15.0. The minimum absolute atomic E-state index is 0.0728. The van der Waals surface area contributed by atoms with Gasteiger partial charge in [0.05, 0.1) is 11.4 Å². The first-order valence-electron chi connectivity index (χ1n) is 10.0. The molecule has 1 N–H and O–H groups in total. The lowest BCUT2D eigenvalue weighted by Gasteiger charge is -2.25. The third kappa shape index (κ3) is 3.62. The van der Waals surface area contributed by atoms with Crippen LogP contribution in [-0.4, -0.2) is 15.7 Å². The predicted octanol–water partition coefficient (Wildman–Crippen LogP) is 6.63. The van der Waals surface area contributed by atoms with Gasteiger partial charge >= 0.3 is 0 Å². The molecule has 5 rings (SSSR count). The van der Waals surface area contributed by atoms with E-state index in [2.05, 4.69) is 5.32 Å². The van der Waals surface area contributed by atoms with Gasteiger partial charge in [0.15, 0.2) is 0 Å². The number of nitrogens with one attached hydrogen (secondary N) is 1. The lowest BCUT2D eigenvalue weighted by molar-refractivity contribution is -0.116. The van der Waals surface area contributed by atoms with E-state index < -0.39 is 0 Å². The van der Waals surface area contributed by atoms with Gasteiger partial charge in [-0.1, -0.05) is 77.3 Å². The maximum absolute atomic E-state index is 12.7. The van der Waals surface area contributed by atoms with Crippen LogP contribution in [0.25, 0.3) is 16.9 Å². The van der Waals surface area contributed by atoms with Gasteiger partial charge in [0.25, 0.3) is 0 Å². The van der Waals surface area contributed by atoms with Crippen molar-refractivity contribution in [1.82, 2.24) is 9.78 Å². The summed E-state index contributed by atoms with van der Waals surface area (Å²) in [5.74, 6) is 0.370. The van der Waals surface area contributed by atoms with Crippen LogP contribution in [0, 0.1) is 6.92 Å². The molecule has 1 aromatic heterocycles. The molecule has 0 spiro atoms. The minimum Gasteiger partial charge on any atom is -0.310 e. The highest BCUT2D eigenvalue weighted by Crippen LogP contribution is 2.45. The summed E-state index contributed by atoms with van der Waals surface area (Å²) in [7, 11) is 0. The summed E-state index contributed by atoms with van der Waals surface area (Å²) >= 11 is 12.7. The second-order valence-electron chi connectivity index (χ2n) is 7.69. The number of benzene rings is 3. The van der Waals surface area contributed by atoms with Gasteiger partial charge in [0, 0.05) is 33.5 Å². The van der Waals surface area contributed by atoms with Gasteiger partial charge in [-0.2, -0.15) is 5.10 Å². The van der Waals surface area contributed by atoms with E-state index in [9.17, 15) is 4.79 Å². The number of nitrogens with zero attached hydrogens (tertiary/aromatic N) is 2. The van der Waals surface area contributed by atoms with Crippen LogP contribution in [0.3, 0.4) is 0 Å². The van der Waals surface area contributed by atoms with E-state index in [0.29, 0.717) is 15.9 Å². The fourth-order valence-electron chi connectivity index (χ4n) is 4.08. The number of carbonyl (C=O) groups excluding carboxylic acids is 1. The molecule has 4 aromatic rings. The zero-order valence-electron chi connectivity index (χ0n) is 16.8. The fourth-order valence-corrected chi connectivity index (χ4v) is 4.62. The molecule has 1 unspecified atom stereocenters. The van der Waals surface area contributed by atoms with E-state index in [4.69, 9.17) is 28.3 Å². The van der Waals surface area contributed by atoms with E-state index in [1.165, 1.54) is 0 Å². The van der Waals surface area contributed by atoms with Crippen molar-refractivity contribution in [2.45, 2.75) is 19.3 Å². The molecule has 2 heterocycles. The summed E-state index contributed by atoms with van der Waals surface area (Å²) in [5.41, 5.74) is 5.66. The molecule has 1 amide bonds. The molecule has 6 heteroatoms. The zero-order chi connectivity index (χ0) is 21.5. The Morgan fingerprint density at radius 2 is 1.74 bits per heavy atom. The largest absolute Gasteiger partial charge is 0.310 e. The van der Waals surface area contributed by atoms with Crippen molar-refractivity contribution < 1.29 is 4.79 Å². The number of aryl methyl sites for hydroxylation is 1. The quantitative estimate of drug-likeness (QED) is 0.383. The van der Waals surface area contributed by atoms with Gasteiger partial charge in [0.1, 0.15) is 5.82 Å². The van der Waals surface area contributed by atoms with Crippen molar-refractivity contribution in [3.05, 3.63) is 99.5 Å². The average molecular weight is 448 g/mol. The molecule has 0 saturated heterocycles. The van der Waals surface area contributed by atoms with Gasteiger partial charge in [-0.15, -0.1) is 0 Å². The topological polar surface area (TPSA) is 46.9 Å². The Labute approximate surface area is 190 Å². The standard InChI is InChI=1S/C25H19Cl2N3O/c1-15-7-10-18(11-8-15)30-25-23(24(29-30)16-5-3-2-4-6-16)20(14-22(31)28-25)19-12-9-17(26)13-21(19)27/h2-13,20H,14H2,1H3,(H,28,31). The van der Waals surface area contributed by atoms with Crippen molar-refractivity contribution in [3.63, 3.8) is 0 Å². The van der Waals surface area contributed by atoms with Crippen LogP contribution in [-0.2, 0) is 4.79 Å². The van der Waals surface area contributed by atoms with Gasteiger partial charge in [-0.25, -0.2) is 4.68 Å². The highest BCUT2D eigenvalue weighted by molar-refractivity contribution is 6.35. The number of hydrogen-bond acceptors (Lipinski definition) is 2. The smallest absolute Gasteiger partial charge is 0.226 e. The molecule has 1 aliphatic heterocycles. The van der Waals surface area contributed by atoms with E-state index in [0.717, 1.165) is 33.6 Å². The zero-order valence-corrected chi connectivity index (χ0v) is 18.3. The average Bonchev–Trinajstić information content (AvgIpc) is 3.14. The number of hydrogen-bond donors (Lipinski definition) is 1. The summed E-state index contributed by atoms with van der Waals surface area (Å²) < 4.78 is 1.81. The normalized spacial score (nSPS) is 15.5. The SMILES string of the molecule is Cc1ccc(-n2nc(-c3ccccc3)c3c2NC(=O)CC3c2ccc(Cl)cc2Cl)cc1. The molecular weight excluding hydrogens is 429 g/mol. The summed E-state index contributed by atoms with van der Waals surface area (Å²) in [4.78, 5) is 12.7. The Bertz CT molecular complexity index is 1280. The van der Waals surface area contributed by atoms with Gasteiger partial charge in [-0.05, 0) is 36.8 Å². The maximum atomic E-state index is 12.7. The molecule has 4 nitrogen and oxygen atoms in total. The number of amides is 1. The molecule has 154 valence electrons. The van der Waals surface area contributed by atoms with E-state index in [-0.39, 0.29) is 18.2 Å². The lowest BCUT2D eigenvalue weighted by Crippen LogP contribution is -2.25. The summed E-state index contributed by atoms with van der Waals surface area (Å²) in [5, 5.41) is 9.11. The van der Waals surface area contributed by atoms with E-state index in [1.807, 2.05) is 78.3 Å². The van der Waals surface area contributed by atoms with Crippen molar-refractivity contribution in [2.24, 2.45) is 0 Å². The summed E-state index contributed by atoms with van der Waals surface area (Å²) in [6.07, 6.45) is 0.285. The molecule has 1 aliphatic rings. The number of anilines is 1. The Balaban J connectivity index is 1.78. The Hall–Kier alpha value is -3.08. The van der Waals surface area contributed by atoms with Crippen LogP contribution in [0.2, 0.25) is 10.0 Å². The van der Waals surface area contributed by atoms with Crippen LogP contribution in [0.15, 0.2) is 72.8 Å². The highest BCUT2D eigenvalue weighted by Gasteiger charge is 2.35. The highest BCUT2D eigenvalue weighted by atomic mass is 35.5. The second-order valence-corrected chi connectivity index (χ2v) is 8.54. The van der Waals surface area contributed by atoms with Gasteiger partial charge < -0.3 is 5.32 Å². The minimum atomic E-state index is -0.233. The van der Waals surface area contributed by atoms with Crippen molar-refractivity contribution >= 4 is 34.9 Å². The fraction of sp³-hybridized carbons (Fsp3) is 0.120. The summed E-state index contributed by atoms with van der Waals surface area (Å²) in [6.45, 7) is 2.04. The molecule has 0 radical (unpaired) electrons. The number of rotatable bonds is 3. The Morgan fingerprint density at radius 3 is 2.45 bits per heavy atom. The van der Waals surface area contributed by atoms with Crippen molar-refractivity contribution in [3.8, 4) is 16.9 Å². The second kappa shape index (κ2) is 7.88. The maximum Gasteiger partial charge on any atom is 0.226 e. The first kappa shape index (κ1) is 19.9. The van der Waals surface area contributed by atoms with Crippen LogP contribution in [0.5, 0.6) is 0 Å². The van der Waals surface area contributed by atoms with Crippen molar-refractivity contribution in [2.75, 3.05) is 5.32 Å². The van der Waals surface area contributed by atoms with E-state index >= 15 is 0 Å². The molecule has 0 aliphatic carbocycles. The molecule has 31 heavy (non-hydrogen) atoms. The predicted molar refractivity (Wildman–Crippen MR) is 125 cm³/mol. The monoisotopic (exact) mass is 447 g/mol. The third-order valence-electron chi connectivity index (χ3n) is 5.58. The number of aromatic nitrogens is 2. The van der Waals surface area contributed by atoms with Gasteiger partial charge in [0.2, 0.25) is 5.91 Å². The number of carbonyl (C=O) groups is 1. The van der Waals surface area contributed by atoms with Gasteiger partial charge in [-0.3, -0.25) is 4.79 Å². The number of halogens is 2. The van der Waals surface area contributed by atoms with Crippen LogP contribution < -0.4 is 5.32 Å². The summed E-state index contributed by atoms with van der Waals surface area (Å²) in [6, 6.07) is 23.5. The molecule has 1 atom stereocenters. The Kier molecular flexibility index (Phi) is 5.05. The van der Waals surface area contributed by atoms with Crippen LogP contribution in [0.1, 0.15) is 29.0 Å². The Morgan fingerprint density at radius 1 is 1.00 bits per heavy atom. The molecule has 3 aromatic carbocycles. The van der Waals surface area contributed by atoms with E-state index in [1.54, 1.807) is 6.07 Å². The lowest BCUT2D eigenvalue weighted by atomic mass is 9.84. The molecule has 0 bridgehead atoms. The molecular formula is C25H19Cl2N3O.